The van der Waals surface area contributed by atoms with Crippen LogP contribution in [0.15, 0.2) is 36.4 Å². The number of phenols is 3. The standard InChI is InChI=1S/C25H20BF3O7S/c1-11-12(2)19-20(24(33)23(32)16(9-10-30)22(19)31)21(26)18(11)15-7-3-6-14-13(15)5-4-8-17(14)36-37(34,35)25(27,28)29/h3-8,30-33H,9-10H2,1-2H3. The van der Waals surface area contributed by atoms with Gasteiger partial charge in [-0.1, -0.05) is 35.8 Å². The van der Waals surface area contributed by atoms with Crippen LogP contribution < -0.4 is 9.65 Å². The topological polar surface area (TPSA) is 124 Å². The Morgan fingerprint density at radius 3 is 2.14 bits per heavy atom. The lowest BCUT2D eigenvalue weighted by Gasteiger charge is -2.22. The van der Waals surface area contributed by atoms with Gasteiger partial charge in [-0.25, -0.2) is 0 Å². The van der Waals surface area contributed by atoms with E-state index in [4.69, 9.17) is 7.85 Å². The number of hydrogen-bond acceptors (Lipinski definition) is 7. The number of aliphatic hydroxyl groups excluding tert-OH is 1. The Morgan fingerprint density at radius 2 is 1.51 bits per heavy atom. The summed E-state index contributed by atoms with van der Waals surface area (Å²) in [7, 11) is 0.537. The summed E-state index contributed by atoms with van der Waals surface area (Å²) in [6.07, 6.45) is -0.131. The Morgan fingerprint density at radius 1 is 0.892 bits per heavy atom. The number of hydrogen-bond donors (Lipinski definition) is 4. The predicted molar refractivity (Wildman–Crippen MR) is 133 cm³/mol. The van der Waals surface area contributed by atoms with Crippen LogP contribution >= 0.6 is 0 Å². The SMILES string of the molecule is [B]c1c(-c2cccc3c(OS(=O)(=O)C(F)(F)F)cccc23)c(C)c(C)c2c(O)c(CCO)c(O)c(O)c12. The summed E-state index contributed by atoms with van der Waals surface area (Å²) in [5, 5.41) is 41.9. The van der Waals surface area contributed by atoms with E-state index in [2.05, 4.69) is 4.18 Å². The van der Waals surface area contributed by atoms with Crippen LogP contribution in [0, 0.1) is 13.8 Å². The van der Waals surface area contributed by atoms with Gasteiger partial charge in [-0.2, -0.15) is 21.6 Å². The Kier molecular flexibility index (Phi) is 6.45. The number of aryl methyl sites for hydroxylation is 1. The van der Waals surface area contributed by atoms with Gasteiger partial charge in [0.05, 0.1) is 0 Å². The lowest BCUT2D eigenvalue weighted by molar-refractivity contribution is -0.0499. The Labute approximate surface area is 210 Å². The number of alkyl halides is 3. The van der Waals surface area contributed by atoms with Gasteiger partial charge in [-0.3, -0.25) is 0 Å². The molecular formula is C25H20BF3O7S. The summed E-state index contributed by atoms with van der Waals surface area (Å²) < 4.78 is 66.5. The molecular weight excluding hydrogens is 512 g/mol. The first-order valence-electron chi connectivity index (χ1n) is 10.8. The average molecular weight is 532 g/mol. The van der Waals surface area contributed by atoms with E-state index in [1.807, 2.05) is 0 Å². The van der Waals surface area contributed by atoms with Gasteiger partial charge in [0.2, 0.25) is 0 Å². The molecule has 7 nitrogen and oxygen atoms in total. The molecule has 4 aromatic carbocycles. The number of fused-ring (bicyclic) bond motifs is 2. The summed E-state index contributed by atoms with van der Waals surface area (Å²) in [5.74, 6) is -2.16. The second-order valence-corrected chi connectivity index (χ2v) is 9.96. The van der Waals surface area contributed by atoms with Crippen molar-refractivity contribution in [2.75, 3.05) is 6.61 Å². The van der Waals surface area contributed by atoms with Crippen LogP contribution in [-0.4, -0.2) is 48.8 Å². The maximum absolute atomic E-state index is 12.9. The molecule has 12 heteroatoms. The van der Waals surface area contributed by atoms with Gasteiger partial charge < -0.3 is 24.6 Å². The molecule has 0 aromatic heterocycles. The van der Waals surface area contributed by atoms with Crippen LogP contribution in [-0.2, 0) is 16.5 Å². The van der Waals surface area contributed by atoms with E-state index in [1.54, 1.807) is 19.9 Å². The highest BCUT2D eigenvalue weighted by molar-refractivity contribution is 7.88. The zero-order valence-corrected chi connectivity index (χ0v) is 20.3. The number of rotatable bonds is 5. The first kappa shape index (κ1) is 26.4. The maximum Gasteiger partial charge on any atom is 0.534 e. The van der Waals surface area contributed by atoms with Gasteiger partial charge in [0.1, 0.15) is 13.6 Å². The van der Waals surface area contributed by atoms with Crippen molar-refractivity contribution in [2.45, 2.75) is 25.8 Å². The van der Waals surface area contributed by atoms with Gasteiger partial charge in [-0.15, -0.1) is 0 Å². The molecule has 0 amide bonds. The largest absolute Gasteiger partial charge is 0.534 e. The zero-order chi connectivity index (χ0) is 27.4. The highest BCUT2D eigenvalue weighted by Crippen LogP contribution is 2.47. The molecule has 4 rings (SSSR count). The van der Waals surface area contributed by atoms with Crippen LogP contribution in [0.2, 0.25) is 0 Å². The molecule has 192 valence electrons. The molecule has 2 radical (unpaired) electrons. The molecule has 4 aromatic rings. The van der Waals surface area contributed by atoms with Gasteiger partial charge >= 0.3 is 15.6 Å². The van der Waals surface area contributed by atoms with E-state index in [-0.39, 0.29) is 39.4 Å². The fraction of sp³-hybridized carbons (Fsp3) is 0.200. The van der Waals surface area contributed by atoms with E-state index in [0.717, 1.165) is 6.07 Å². The van der Waals surface area contributed by atoms with Crippen molar-refractivity contribution in [2.24, 2.45) is 0 Å². The van der Waals surface area contributed by atoms with Crippen LogP contribution in [0.3, 0.4) is 0 Å². The van der Waals surface area contributed by atoms with Gasteiger partial charge in [0.15, 0.2) is 17.2 Å². The summed E-state index contributed by atoms with van der Waals surface area (Å²) >= 11 is 0. The molecule has 37 heavy (non-hydrogen) atoms. The van der Waals surface area contributed by atoms with E-state index in [9.17, 15) is 42.0 Å². The molecule has 0 spiro atoms. The van der Waals surface area contributed by atoms with Gasteiger partial charge in [0, 0.05) is 34.7 Å². The third kappa shape index (κ3) is 4.10. The number of phenolic OH excluding ortho intramolecular Hbond substituents is 3. The van der Waals surface area contributed by atoms with Crippen molar-refractivity contribution in [1.29, 1.82) is 0 Å². The number of aliphatic hydroxyl groups is 1. The predicted octanol–water partition coefficient (Wildman–Crippen LogP) is 3.95. The minimum absolute atomic E-state index is 0.0431. The van der Waals surface area contributed by atoms with Gasteiger partial charge in [0.25, 0.3) is 0 Å². The smallest absolute Gasteiger partial charge is 0.507 e. The number of halogens is 3. The minimum atomic E-state index is -5.93. The molecule has 0 heterocycles. The van der Waals surface area contributed by atoms with Crippen molar-refractivity contribution in [3.8, 4) is 34.1 Å². The van der Waals surface area contributed by atoms with Crippen molar-refractivity contribution >= 4 is 45.0 Å². The van der Waals surface area contributed by atoms with Crippen LogP contribution in [0.25, 0.3) is 32.7 Å². The summed E-state index contributed by atoms with van der Waals surface area (Å²) in [6.45, 7) is 2.93. The van der Waals surface area contributed by atoms with Crippen molar-refractivity contribution in [3.05, 3.63) is 53.1 Å². The lowest BCUT2D eigenvalue weighted by atomic mass is 9.76. The van der Waals surface area contributed by atoms with Crippen LogP contribution in [0.1, 0.15) is 16.7 Å². The number of benzene rings is 4. The van der Waals surface area contributed by atoms with Crippen molar-refractivity contribution in [1.82, 2.24) is 0 Å². The van der Waals surface area contributed by atoms with E-state index < -0.39 is 39.5 Å². The third-order valence-electron chi connectivity index (χ3n) is 6.37. The molecule has 0 atom stereocenters. The highest BCUT2D eigenvalue weighted by Gasteiger charge is 2.48. The molecule has 4 N–H and O–H groups in total. The second-order valence-electron chi connectivity index (χ2n) is 8.43. The monoisotopic (exact) mass is 532 g/mol. The molecule has 0 aliphatic carbocycles. The first-order valence-corrected chi connectivity index (χ1v) is 12.3. The Hall–Kier alpha value is -3.64. The average Bonchev–Trinajstić information content (AvgIpc) is 2.82. The molecule has 0 aliphatic heterocycles. The van der Waals surface area contributed by atoms with Crippen LogP contribution in [0.4, 0.5) is 13.2 Å². The molecule has 0 aliphatic rings. The molecule has 0 unspecified atom stereocenters. The highest BCUT2D eigenvalue weighted by atomic mass is 32.2. The molecule has 0 saturated carbocycles. The van der Waals surface area contributed by atoms with Crippen LogP contribution in [0.5, 0.6) is 23.0 Å². The molecule has 0 bridgehead atoms. The normalized spacial score (nSPS) is 12.4. The minimum Gasteiger partial charge on any atom is -0.507 e. The maximum atomic E-state index is 12.9. The number of aromatic hydroxyl groups is 3. The molecule has 0 saturated heterocycles. The van der Waals surface area contributed by atoms with E-state index in [0.29, 0.717) is 27.6 Å². The van der Waals surface area contributed by atoms with Crippen molar-refractivity contribution < 1.29 is 46.2 Å². The fourth-order valence-electron chi connectivity index (χ4n) is 4.52. The summed E-state index contributed by atoms with van der Waals surface area (Å²) in [6, 6.07) is 8.41. The first-order chi connectivity index (χ1) is 17.2. The van der Waals surface area contributed by atoms with E-state index in [1.165, 1.54) is 24.3 Å². The zero-order valence-electron chi connectivity index (χ0n) is 19.5. The summed E-state index contributed by atoms with van der Waals surface area (Å²) in [5.41, 5.74) is -3.98. The van der Waals surface area contributed by atoms with E-state index >= 15 is 0 Å². The quantitative estimate of drug-likeness (QED) is 0.101. The third-order valence-corrected chi connectivity index (χ3v) is 7.33. The Bertz CT molecular complexity index is 1680. The second kappa shape index (κ2) is 9.03. The Balaban J connectivity index is 2.06. The lowest BCUT2D eigenvalue weighted by Crippen LogP contribution is -2.28. The molecule has 0 fully saturated rings. The van der Waals surface area contributed by atoms with Gasteiger partial charge in [-0.05, 0) is 47.6 Å². The fourth-order valence-corrected chi connectivity index (χ4v) is 5.00. The summed E-state index contributed by atoms with van der Waals surface area (Å²) in [4.78, 5) is 0. The van der Waals surface area contributed by atoms with Crippen molar-refractivity contribution in [3.63, 3.8) is 0 Å².